The molecule has 0 saturated heterocycles. The maximum atomic E-state index is 12.3. The van der Waals surface area contributed by atoms with E-state index in [-0.39, 0.29) is 16.7 Å². The third kappa shape index (κ3) is 2.01. The van der Waals surface area contributed by atoms with Gasteiger partial charge < -0.3 is 11.1 Å². The first-order valence-corrected chi connectivity index (χ1v) is 7.85. The van der Waals surface area contributed by atoms with Gasteiger partial charge in [-0.3, -0.25) is 9.21 Å². The van der Waals surface area contributed by atoms with Crippen LogP contribution in [0.4, 0.5) is 0 Å². The van der Waals surface area contributed by atoms with Gasteiger partial charge in [0.25, 0.3) is 0 Å². The highest BCUT2D eigenvalue weighted by Gasteiger charge is 2.49. The number of hydrogen-bond donors (Lipinski definition) is 2. The SMILES string of the molecule is NCCNC(=O)C1=C2C=CN(Cl)C3C=CC=CC23SC1. The standard InChI is InChI=1S/C14H16ClN3OS/c15-18-8-4-11-10(13(19)17-7-6-16)9-20-14(11)5-2-1-3-12(14)18/h1-5,8,12H,6-7,9,16H2,(H,17,19). The van der Waals surface area contributed by atoms with Crippen LogP contribution in [0.2, 0.25) is 0 Å². The summed E-state index contributed by atoms with van der Waals surface area (Å²) in [6.45, 7) is 0.945. The Hall–Kier alpha value is -1.17. The molecule has 0 saturated carbocycles. The van der Waals surface area contributed by atoms with E-state index in [1.165, 1.54) is 0 Å². The zero-order valence-electron chi connectivity index (χ0n) is 10.9. The van der Waals surface area contributed by atoms with Crippen LogP contribution >= 0.6 is 23.5 Å². The Morgan fingerprint density at radius 2 is 2.45 bits per heavy atom. The molecule has 2 heterocycles. The number of rotatable bonds is 3. The first-order valence-electron chi connectivity index (χ1n) is 6.53. The van der Waals surface area contributed by atoms with Crippen molar-refractivity contribution in [3.05, 3.63) is 47.7 Å². The number of nitrogens with one attached hydrogen (secondary N) is 1. The molecule has 2 unspecified atom stereocenters. The molecule has 6 heteroatoms. The predicted octanol–water partition coefficient (Wildman–Crippen LogP) is 1.32. The Morgan fingerprint density at radius 1 is 1.60 bits per heavy atom. The number of amides is 1. The Morgan fingerprint density at radius 3 is 3.25 bits per heavy atom. The van der Waals surface area contributed by atoms with E-state index >= 15 is 0 Å². The highest BCUT2D eigenvalue weighted by Crippen LogP contribution is 2.52. The topological polar surface area (TPSA) is 58.4 Å². The minimum atomic E-state index is -0.249. The summed E-state index contributed by atoms with van der Waals surface area (Å²) in [4.78, 5) is 12.3. The number of hydrogen-bond acceptors (Lipinski definition) is 4. The van der Waals surface area contributed by atoms with Gasteiger partial charge in [-0.1, -0.05) is 24.3 Å². The van der Waals surface area contributed by atoms with Gasteiger partial charge in [-0.25, -0.2) is 0 Å². The minimum Gasteiger partial charge on any atom is -0.351 e. The van der Waals surface area contributed by atoms with Crippen molar-refractivity contribution in [1.29, 1.82) is 0 Å². The number of nitrogens with two attached hydrogens (primary N) is 1. The summed E-state index contributed by atoms with van der Waals surface area (Å²) < 4.78 is 1.43. The molecule has 2 atom stereocenters. The Balaban J connectivity index is 1.99. The number of halogens is 1. The molecule has 1 spiro atoms. The summed E-state index contributed by atoms with van der Waals surface area (Å²) in [7, 11) is 0. The van der Waals surface area contributed by atoms with Crippen molar-refractivity contribution in [3.8, 4) is 0 Å². The van der Waals surface area contributed by atoms with Crippen LogP contribution in [0.1, 0.15) is 0 Å². The summed E-state index contributed by atoms with van der Waals surface area (Å²) in [5.74, 6) is 0.666. The lowest BCUT2D eigenvalue weighted by atomic mass is 9.82. The van der Waals surface area contributed by atoms with Crippen molar-refractivity contribution in [1.82, 2.24) is 9.74 Å². The third-order valence-electron chi connectivity index (χ3n) is 3.74. The van der Waals surface area contributed by atoms with Crippen LogP contribution < -0.4 is 11.1 Å². The molecule has 0 bridgehead atoms. The van der Waals surface area contributed by atoms with Crippen molar-refractivity contribution >= 4 is 29.4 Å². The number of carbonyl (C=O) groups is 1. The van der Waals surface area contributed by atoms with Crippen LogP contribution in [-0.4, -0.2) is 40.0 Å². The maximum absolute atomic E-state index is 12.3. The smallest absolute Gasteiger partial charge is 0.248 e. The summed E-state index contributed by atoms with van der Waals surface area (Å²) in [5.41, 5.74) is 7.32. The number of allylic oxidation sites excluding steroid dienone is 3. The molecule has 0 aromatic rings. The second-order valence-corrected chi connectivity index (χ2v) is 6.51. The molecule has 0 fully saturated rings. The number of nitrogens with zero attached hydrogens (tertiary/aromatic N) is 1. The van der Waals surface area contributed by atoms with Crippen molar-refractivity contribution in [2.45, 2.75) is 10.8 Å². The summed E-state index contributed by atoms with van der Waals surface area (Å²) in [6.07, 6.45) is 12.0. The van der Waals surface area contributed by atoms with E-state index in [1.807, 2.05) is 24.4 Å². The molecule has 106 valence electrons. The van der Waals surface area contributed by atoms with Gasteiger partial charge in [-0.05, 0) is 11.6 Å². The van der Waals surface area contributed by atoms with Crippen molar-refractivity contribution in [2.75, 3.05) is 18.8 Å². The molecule has 4 nitrogen and oxygen atoms in total. The quantitative estimate of drug-likeness (QED) is 0.772. The largest absolute Gasteiger partial charge is 0.351 e. The first-order chi connectivity index (χ1) is 9.69. The average Bonchev–Trinajstić information content (AvgIpc) is 2.83. The molecule has 0 radical (unpaired) electrons. The van der Waals surface area contributed by atoms with E-state index in [0.29, 0.717) is 18.8 Å². The van der Waals surface area contributed by atoms with Gasteiger partial charge in [-0.2, -0.15) is 0 Å². The predicted molar refractivity (Wildman–Crippen MR) is 83.2 cm³/mol. The molecular weight excluding hydrogens is 294 g/mol. The third-order valence-corrected chi connectivity index (χ3v) is 5.57. The van der Waals surface area contributed by atoms with Gasteiger partial charge in [0.05, 0.1) is 10.8 Å². The lowest BCUT2D eigenvalue weighted by Gasteiger charge is -2.42. The van der Waals surface area contributed by atoms with Crippen molar-refractivity contribution < 1.29 is 4.79 Å². The molecule has 0 aromatic carbocycles. The first kappa shape index (κ1) is 13.8. The molecule has 0 aromatic heterocycles. The maximum Gasteiger partial charge on any atom is 0.248 e. The fraction of sp³-hybridized carbons (Fsp3) is 0.357. The molecular formula is C14H16ClN3OS. The van der Waals surface area contributed by atoms with Crippen molar-refractivity contribution in [2.24, 2.45) is 5.73 Å². The van der Waals surface area contributed by atoms with Crippen LogP contribution in [0.25, 0.3) is 0 Å². The van der Waals surface area contributed by atoms with E-state index in [4.69, 9.17) is 17.5 Å². The van der Waals surface area contributed by atoms with Gasteiger partial charge in [0.1, 0.15) is 0 Å². The van der Waals surface area contributed by atoms with Crippen LogP contribution in [0.3, 0.4) is 0 Å². The van der Waals surface area contributed by atoms with E-state index in [1.54, 1.807) is 16.2 Å². The second-order valence-electron chi connectivity index (χ2n) is 4.87. The Labute approximate surface area is 127 Å². The van der Waals surface area contributed by atoms with Gasteiger partial charge in [0.2, 0.25) is 5.91 Å². The molecule has 20 heavy (non-hydrogen) atoms. The normalized spacial score (nSPS) is 30.5. The minimum absolute atomic E-state index is 0.0239. The number of thioether (sulfide) groups is 1. The second kappa shape index (κ2) is 5.31. The number of carbonyl (C=O) groups excluding carboxylic acids is 1. The monoisotopic (exact) mass is 309 g/mol. The van der Waals surface area contributed by atoms with Gasteiger partial charge in [0.15, 0.2) is 0 Å². The van der Waals surface area contributed by atoms with Crippen LogP contribution in [0.5, 0.6) is 0 Å². The van der Waals surface area contributed by atoms with E-state index in [0.717, 1.165) is 11.1 Å². The van der Waals surface area contributed by atoms with Crippen molar-refractivity contribution in [3.63, 3.8) is 0 Å². The fourth-order valence-corrected chi connectivity index (χ4v) is 4.68. The average molecular weight is 310 g/mol. The fourth-order valence-electron chi connectivity index (χ4n) is 2.79. The highest BCUT2D eigenvalue weighted by atomic mass is 35.5. The van der Waals surface area contributed by atoms with Gasteiger partial charge in [0, 0.05) is 42.4 Å². The van der Waals surface area contributed by atoms with E-state index in [2.05, 4.69) is 17.5 Å². The van der Waals surface area contributed by atoms with E-state index in [9.17, 15) is 4.79 Å². The molecule has 1 amide bonds. The van der Waals surface area contributed by atoms with Crippen LogP contribution in [0, 0.1) is 0 Å². The Bertz CT molecular complexity index is 555. The van der Waals surface area contributed by atoms with Crippen LogP contribution in [0.15, 0.2) is 47.7 Å². The Kier molecular flexibility index (Phi) is 3.67. The zero-order chi connectivity index (χ0) is 14.2. The van der Waals surface area contributed by atoms with E-state index < -0.39 is 0 Å². The summed E-state index contributed by atoms with van der Waals surface area (Å²) in [5, 5.41) is 2.85. The lowest BCUT2D eigenvalue weighted by Crippen LogP contribution is -2.46. The molecule has 3 N–H and O–H groups in total. The van der Waals surface area contributed by atoms with Crippen LogP contribution in [-0.2, 0) is 4.79 Å². The summed E-state index contributed by atoms with van der Waals surface area (Å²) in [6, 6.07) is 0.0407. The highest BCUT2D eigenvalue weighted by molar-refractivity contribution is 8.01. The van der Waals surface area contributed by atoms with Gasteiger partial charge in [-0.15, -0.1) is 11.8 Å². The summed E-state index contributed by atoms with van der Waals surface area (Å²) >= 11 is 8.02. The molecule has 2 aliphatic heterocycles. The zero-order valence-corrected chi connectivity index (χ0v) is 12.5. The molecule has 3 aliphatic rings. The molecule has 1 aliphatic carbocycles. The molecule has 3 rings (SSSR count). The lowest BCUT2D eigenvalue weighted by molar-refractivity contribution is -0.117. The van der Waals surface area contributed by atoms with Gasteiger partial charge >= 0.3 is 0 Å².